The Morgan fingerprint density at radius 3 is 2.23 bits per heavy atom. The van der Waals surface area contributed by atoms with Crippen LogP contribution in [0.25, 0.3) is 0 Å². The van der Waals surface area contributed by atoms with Crippen LogP contribution >= 0.6 is 0 Å². The molecule has 0 aliphatic rings. The van der Waals surface area contributed by atoms with E-state index in [0.29, 0.717) is 32.1 Å². The summed E-state index contributed by atoms with van der Waals surface area (Å²) >= 11 is 0. The number of rotatable bonds is 19. The molecule has 1 unspecified atom stereocenters. The fourth-order valence-electron chi connectivity index (χ4n) is 3.21. The minimum atomic E-state index is -0.988. The molecule has 3 N–H and O–H groups in total. The molecule has 0 bridgehead atoms. The van der Waals surface area contributed by atoms with Crippen molar-refractivity contribution in [2.75, 3.05) is 0 Å². The molecule has 0 spiro atoms. The summed E-state index contributed by atoms with van der Waals surface area (Å²) in [5.41, 5.74) is 0. The predicted octanol–water partition coefficient (Wildman–Crippen LogP) is 4.79. The molecular weight excluding hydrogens is 382 g/mol. The van der Waals surface area contributed by atoms with Crippen molar-refractivity contribution in [2.45, 2.75) is 116 Å². The van der Waals surface area contributed by atoms with Crippen molar-refractivity contribution in [1.29, 1.82) is 0 Å². The standard InChI is InChI=1S/C24H43NO5/c1-4-6-7-8-10-13-16-20(26)21(27)17-14-11-9-12-15-18-22(28)25-23(24(29)30)19(3)5-2/h10,13,19,21,23,27H,4-9,11-12,14-18H2,1-3H3,(H,25,28)(H,29,30)/t19-,21?,23-/m0/s1. The Hall–Kier alpha value is -1.69. The van der Waals surface area contributed by atoms with Crippen LogP contribution in [-0.4, -0.2) is 40.0 Å². The van der Waals surface area contributed by atoms with E-state index in [2.05, 4.69) is 12.2 Å². The van der Waals surface area contributed by atoms with Crippen LogP contribution < -0.4 is 5.32 Å². The highest BCUT2D eigenvalue weighted by molar-refractivity contribution is 5.84. The maximum Gasteiger partial charge on any atom is 0.326 e. The smallest absolute Gasteiger partial charge is 0.326 e. The molecule has 1 amide bonds. The van der Waals surface area contributed by atoms with Gasteiger partial charge in [-0.3, -0.25) is 9.59 Å². The lowest BCUT2D eigenvalue weighted by molar-refractivity contribution is -0.143. The molecule has 0 aliphatic carbocycles. The first-order valence-corrected chi connectivity index (χ1v) is 11.7. The third kappa shape index (κ3) is 14.3. The lowest BCUT2D eigenvalue weighted by Gasteiger charge is -2.20. The second kappa shape index (κ2) is 18.1. The van der Waals surface area contributed by atoms with Crippen molar-refractivity contribution in [2.24, 2.45) is 5.92 Å². The van der Waals surface area contributed by atoms with Gasteiger partial charge in [-0.25, -0.2) is 4.79 Å². The summed E-state index contributed by atoms with van der Waals surface area (Å²) in [6.45, 7) is 5.89. The first-order valence-electron chi connectivity index (χ1n) is 11.7. The first-order chi connectivity index (χ1) is 14.3. The molecule has 0 aromatic carbocycles. The number of hydrogen-bond donors (Lipinski definition) is 3. The monoisotopic (exact) mass is 425 g/mol. The molecular formula is C24H43NO5. The third-order valence-corrected chi connectivity index (χ3v) is 5.51. The Morgan fingerprint density at radius 2 is 1.60 bits per heavy atom. The van der Waals surface area contributed by atoms with E-state index >= 15 is 0 Å². The number of aliphatic carboxylic acids is 1. The number of amides is 1. The van der Waals surface area contributed by atoms with Crippen molar-refractivity contribution in [1.82, 2.24) is 5.32 Å². The van der Waals surface area contributed by atoms with Crippen LogP contribution in [0, 0.1) is 5.92 Å². The summed E-state index contributed by atoms with van der Waals surface area (Å²) in [7, 11) is 0. The maximum atomic E-state index is 11.9. The molecule has 0 aliphatic heterocycles. The number of aliphatic hydroxyl groups is 1. The van der Waals surface area contributed by atoms with Crippen LogP contribution in [0.4, 0.5) is 0 Å². The van der Waals surface area contributed by atoms with E-state index in [4.69, 9.17) is 0 Å². The van der Waals surface area contributed by atoms with Crippen LogP contribution in [0.2, 0.25) is 0 Å². The fourth-order valence-corrected chi connectivity index (χ4v) is 3.21. The Morgan fingerprint density at radius 1 is 0.933 bits per heavy atom. The van der Waals surface area contributed by atoms with Gasteiger partial charge in [-0.1, -0.05) is 77.9 Å². The highest BCUT2D eigenvalue weighted by Crippen LogP contribution is 2.12. The van der Waals surface area contributed by atoms with E-state index < -0.39 is 18.1 Å². The SMILES string of the molecule is CCCCCC=CCC(=O)C(O)CCCCCCCC(=O)N[C@H](C(=O)O)[C@@H](C)CC. The normalized spacial score (nSPS) is 14.4. The van der Waals surface area contributed by atoms with E-state index in [-0.39, 0.29) is 17.6 Å². The van der Waals surface area contributed by atoms with Crippen molar-refractivity contribution in [3.63, 3.8) is 0 Å². The first kappa shape index (κ1) is 28.3. The van der Waals surface area contributed by atoms with Gasteiger partial charge in [0, 0.05) is 12.8 Å². The van der Waals surface area contributed by atoms with E-state index in [0.717, 1.165) is 38.5 Å². The summed E-state index contributed by atoms with van der Waals surface area (Å²) in [5, 5.41) is 21.8. The topological polar surface area (TPSA) is 104 Å². The largest absolute Gasteiger partial charge is 0.480 e. The molecule has 0 saturated carbocycles. The zero-order valence-electron chi connectivity index (χ0n) is 19.2. The van der Waals surface area contributed by atoms with E-state index in [1.165, 1.54) is 12.8 Å². The predicted molar refractivity (Wildman–Crippen MR) is 120 cm³/mol. The van der Waals surface area contributed by atoms with Gasteiger partial charge in [-0.15, -0.1) is 0 Å². The van der Waals surface area contributed by atoms with E-state index in [9.17, 15) is 24.6 Å². The Bertz CT molecular complexity index is 518. The van der Waals surface area contributed by atoms with Crippen molar-refractivity contribution in [3.05, 3.63) is 12.2 Å². The molecule has 0 aromatic heterocycles. The number of carbonyl (C=O) groups excluding carboxylic acids is 2. The van der Waals surface area contributed by atoms with Gasteiger partial charge in [0.25, 0.3) is 0 Å². The van der Waals surface area contributed by atoms with E-state index in [1.807, 2.05) is 26.0 Å². The van der Waals surface area contributed by atoms with Crippen molar-refractivity contribution >= 4 is 17.7 Å². The van der Waals surface area contributed by atoms with Crippen LogP contribution in [0.3, 0.4) is 0 Å². The average Bonchev–Trinajstić information content (AvgIpc) is 2.72. The number of unbranched alkanes of at least 4 members (excludes halogenated alkanes) is 7. The van der Waals surface area contributed by atoms with Gasteiger partial charge in [0.1, 0.15) is 12.1 Å². The number of allylic oxidation sites excluding steroid dienone is 2. The van der Waals surface area contributed by atoms with Gasteiger partial charge in [0.05, 0.1) is 0 Å². The number of Topliss-reactive ketones (excluding diaryl/α,β-unsaturated/α-hetero) is 1. The molecule has 174 valence electrons. The number of nitrogens with one attached hydrogen (secondary N) is 1. The molecule has 3 atom stereocenters. The van der Waals surface area contributed by atoms with Crippen LogP contribution in [0.5, 0.6) is 0 Å². The van der Waals surface area contributed by atoms with Gasteiger partial charge in [-0.05, 0) is 31.6 Å². The van der Waals surface area contributed by atoms with Crippen molar-refractivity contribution in [3.8, 4) is 0 Å². The number of carboxylic acids is 1. The molecule has 0 saturated heterocycles. The third-order valence-electron chi connectivity index (χ3n) is 5.51. The molecule has 0 radical (unpaired) electrons. The van der Waals surface area contributed by atoms with Crippen LogP contribution in [-0.2, 0) is 14.4 Å². The van der Waals surface area contributed by atoms with Crippen LogP contribution in [0.1, 0.15) is 104 Å². The summed E-state index contributed by atoms with van der Waals surface area (Å²) in [4.78, 5) is 35.1. The van der Waals surface area contributed by atoms with E-state index in [1.54, 1.807) is 0 Å². The van der Waals surface area contributed by atoms with Gasteiger partial charge in [0.15, 0.2) is 5.78 Å². The number of ketones is 1. The zero-order valence-corrected chi connectivity index (χ0v) is 19.2. The number of carboxylic acid groups (broad SMARTS) is 1. The molecule has 6 nitrogen and oxygen atoms in total. The lowest BCUT2D eigenvalue weighted by atomic mass is 9.99. The summed E-state index contributed by atoms with van der Waals surface area (Å²) in [5.74, 6) is -1.42. The zero-order chi connectivity index (χ0) is 22.8. The van der Waals surface area contributed by atoms with Crippen LogP contribution in [0.15, 0.2) is 12.2 Å². The highest BCUT2D eigenvalue weighted by Gasteiger charge is 2.24. The summed E-state index contributed by atoms with van der Waals surface area (Å²) < 4.78 is 0. The Balaban J connectivity index is 3.80. The minimum absolute atomic E-state index is 0.0999. The van der Waals surface area contributed by atoms with Crippen molar-refractivity contribution < 1.29 is 24.6 Å². The molecule has 0 aromatic rings. The maximum absolute atomic E-state index is 11.9. The second-order valence-corrected chi connectivity index (χ2v) is 8.23. The minimum Gasteiger partial charge on any atom is -0.480 e. The molecule has 0 fully saturated rings. The van der Waals surface area contributed by atoms with Gasteiger partial charge in [0.2, 0.25) is 5.91 Å². The Labute approximate surface area is 182 Å². The highest BCUT2D eigenvalue weighted by atomic mass is 16.4. The average molecular weight is 426 g/mol. The second-order valence-electron chi connectivity index (χ2n) is 8.23. The quantitative estimate of drug-likeness (QED) is 0.204. The number of aliphatic hydroxyl groups excluding tert-OH is 1. The number of carbonyl (C=O) groups is 3. The molecule has 0 rings (SSSR count). The summed E-state index contributed by atoms with van der Waals surface area (Å²) in [6, 6.07) is -0.826. The Kier molecular flexibility index (Phi) is 17.1. The molecule has 30 heavy (non-hydrogen) atoms. The van der Waals surface area contributed by atoms with Gasteiger partial charge < -0.3 is 15.5 Å². The molecule has 6 heteroatoms. The lowest BCUT2D eigenvalue weighted by Crippen LogP contribution is -2.44. The summed E-state index contributed by atoms with van der Waals surface area (Å²) in [6.07, 6.45) is 13.5. The van der Waals surface area contributed by atoms with Gasteiger partial charge in [-0.2, -0.15) is 0 Å². The van der Waals surface area contributed by atoms with Gasteiger partial charge >= 0.3 is 5.97 Å². The fraction of sp³-hybridized carbons (Fsp3) is 0.792. The molecule has 0 heterocycles. The number of hydrogen-bond acceptors (Lipinski definition) is 4.